The second-order valence-corrected chi connectivity index (χ2v) is 9.83. The molecule has 12 heteroatoms. The van der Waals surface area contributed by atoms with Crippen LogP contribution >= 0.6 is 0 Å². The number of amides is 1. The number of fused-ring (bicyclic) bond motifs is 1. The van der Waals surface area contributed by atoms with Crippen LogP contribution in [0.25, 0.3) is 16.6 Å². The van der Waals surface area contributed by atoms with Crippen LogP contribution in [0.3, 0.4) is 0 Å². The van der Waals surface area contributed by atoms with Crippen molar-refractivity contribution >= 4 is 28.2 Å². The highest BCUT2D eigenvalue weighted by molar-refractivity contribution is 6.08. The number of aromatic nitrogens is 4. The first kappa shape index (κ1) is 25.1. The number of para-hydroxylation sites is 1. The van der Waals surface area contributed by atoms with E-state index in [2.05, 4.69) is 15.3 Å². The van der Waals surface area contributed by atoms with Crippen molar-refractivity contribution in [2.75, 3.05) is 36.5 Å². The van der Waals surface area contributed by atoms with Gasteiger partial charge in [-0.25, -0.2) is 8.78 Å². The van der Waals surface area contributed by atoms with Crippen LogP contribution < -0.4 is 21.5 Å². The Bertz CT molecular complexity index is 1590. The minimum atomic E-state index is -0.971. The summed E-state index contributed by atoms with van der Waals surface area (Å²) in [6.45, 7) is 2.69. The lowest BCUT2D eigenvalue weighted by Crippen LogP contribution is -2.28. The summed E-state index contributed by atoms with van der Waals surface area (Å²) in [7, 11) is 0. The van der Waals surface area contributed by atoms with Crippen LogP contribution in [-0.4, -0.2) is 57.8 Å². The van der Waals surface area contributed by atoms with Gasteiger partial charge in [-0.3, -0.25) is 14.3 Å². The van der Waals surface area contributed by atoms with Crippen LogP contribution in [0, 0.1) is 11.6 Å². The van der Waals surface area contributed by atoms with Crippen LogP contribution in [0.4, 0.5) is 20.2 Å². The van der Waals surface area contributed by atoms with Gasteiger partial charge in [0.15, 0.2) is 11.6 Å². The number of rotatable bonds is 5. The normalized spacial score (nSPS) is 18.1. The quantitative estimate of drug-likeness (QED) is 0.403. The summed E-state index contributed by atoms with van der Waals surface area (Å²) >= 11 is 0. The zero-order valence-corrected chi connectivity index (χ0v) is 21.0. The maximum absolute atomic E-state index is 14.4. The van der Waals surface area contributed by atoms with Gasteiger partial charge in [-0.1, -0.05) is 6.07 Å². The van der Waals surface area contributed by atoms with E-state index in [-0.39, 0.29) is 17.8 Å². The second kappa shape index (κ2) is 10.2. The number of nitrogens with one attached hydrogen (secondary N) is 1. The average molecular weight is 536 g/mol. The number of carbonyl (C=O) groups excluding carboxylic acids is 1. The van der Waals surface area contributed by atoms with Gasteiger partial charge in [0.2, 0.25) is 0 Å². The van der Waals surface area contributed by atoms with E-state index in [1.165, 1.54) is 12.1 Å². The molecular weight excluding hydrogens is 508 g/mol. The Morgan fingerprint density at radius 1 is 1.00 bits per heavy atom. The zero-order valence-electron chi connectivity index (χ0n) is 21.0. The molecule has 2 aliphatic heterocycles. The smallest absolute Gasteiger partial charge is 0.276 e. The van der Waals surface area contributed by atoms with E-state index in [0.29, 0.717) is 36.7 Å². The lowest BCUT2D eigenvalue weighted by atomic mass is 10.1. The lowest BCUT2D eigenvalue weighted by Gasteiger charge is -2.23. The predicted molar refractivity (Wildman–Crippen MR) is 141 cm³/mol. The summed E-state index contributed by atoms with van der Waals surface area (Å²) < 4.78 is 36.8. The number of hydrogen-bond donors (Lipinski definition) is 2. The Kier molecular flexibility index (Phi) is 6.57. The Hall–Kier alpha value is -4.16. The summed E-state index contributed by atoms with van der Waals surface area (Å²) in [6.07, 6.45) is 4.54. The number of carbonyl (C=O) groups is 1. The van der Waals surface area contributed by atoms with E-state index in [1.54, 1.807) is 6.07 Å². The molecule has 10 nitrogen and oxygen atoms in total. The molecule has 3 N–H and O–H groups in total. The summed E-state index contributed by atoms with van der Waals surface area (Å²) in [4.78, 5) is 27.9. The van der Waals surface area contributed by atoms with Crippen molar-refractivity contribution in [3.05, 3.63) is 76.3 Å². The van der Waals surface area contributed by atoms with Crippen molar-refractivity contribution < 1.29 is 18.3 Å². The first-order chi connectivity index (χ1) is 18.9. The summed E-state index contributed by atoms with van der Waals surface area (Å²) in [6, 6.07) is 9.31. The molecule has 0 unspecified atom stereocenters. The number of benzene rings is 2. The van der Waals surface area contributed by atoms with Gasteiger partial charge in [-0.05, 0) is 49.6 Å². The molecule has 2 fully saturated rings. The minimum absolute atomic E-state index is 0.00441. The molecule has 2 aromatic heterocycles. The minimum Gasteiger partial charge on any atom is -0.381 e. The highest BCUT2D eigenvalue weighted by Gasteiger charge is 2.27. The van der Waals surface area contributed by atoms with Gasteiger partial charge in [0, 0.05) is 50.0 Å². The second-order valence-electron chi connectivity index (χ2n) is 9.83. The van der Waals surface area contributed by atoms with Crippen LogP contribution in [0.15, 0.2) is 53.5 Å². The van der Waals surface area contributed by atoms with E-state index in [9.17, 15) is 18.4 Å². The van der Waals surface area contributed by atoms with Crippen LogP contribution in [-0.2, 0) is 4.74 Å². The van der Waals surface area contributed by atoms with Gasteiger partial charge in [-0.2, -0.15) is 14.9 Å². The molecule has 2 aromatic carbocycles. The third-order valence-corrected chi connectivity index (χ3v) is 7.21. The van der Waals surface area contributed by atoms with Gasteiger partial charge in [0.25, 0.3) is 11.5 Å². The standard InChI is InChI=1S/C27H27F2N7O3/c28-19-2-1-3-20(29)26(19)36-24(37)7-6-23(33-36)27(38)31-22-5-4-21-18(25(22)34-11-8-16(30)14-34)15-35(32-21)17-9-12-39-13-10-17/h1-7,15-17H,8-14,30H2,(H,31,38)/t16-/m1/s1. The Morgan fingerprint density at radius 3 is 2.49 bits per heavy atom. The number of halogens is 2. The molecular formula is C27H27F2N7O3. The Labute approximate surface area is 222 Å². The van der Waals surface area contributed by atoms with Gasteiger partial charge >= 0.3 is 0 Å². The third kappa shape index (κ3) is 4.77. The molecule has 0 bridgehead atoms. The first-order valence-electron chi connectivity index (χ1n) is 12.9. The van der Waals surface area contributed by atoms with Crippen molar-refractivity contribution in [3.8, 4) is 5.69 Å². The van der Waals surface area contributed by atoms with E-state index in [0.717, 1.165) is 54.1 Å². The molecule has 0 saturated carbocycles. The molecule has 1 atom stereocenters. The largest absolute Gasteiger partial charge is 0.381 e. The summed E-state index contributed by atoms with van der Waals surface area (Å²) in [5.74, 6) is -2.58. The zero-order chi connectivity index (χ0) is 27.1. The predicted octanol–water partition coefficient (Wildman–Crippen LogP) is 3.00. The molecule has 2 aliphatic rings. The molecule has 1 amide bonds. The topological polar surface area (TPSA) is 120 Å². The number of anilines is 2. The molecule has 39 heavy (non-hydrogen) atoms. The molecule has 0 spiro atoms. The lowest BCUT2D eigenvalue weighted by molar-refractivity contribution is 0.0664. The molecule has 6 rings (SSSR count). The summed E-state index contributed by atoms with van der Waals surface area (Å²) in [5, 5.41) is 12.5. The SMILES string of the molecule is N[C@@H]1CCN(c2c(NC(=O)c3ccc(=O)n(-c4c(F)cccc4F)n3)ccc3nn(C4CCOCC4)cc23)C1. The molecule has 0 radical (unpaired) electrons. The molecule has 4 heterocycles. The van der Waals surface area contributed by atoms with Crippen molar-refractivity contribution in [3.63, 3.8) is 0 Å². The van der Waals surface area contributed by atoms with Crippen molar-refractivity contribution in [2.45, 2.75) is 31.3 Å². The monoisotopic (exact) mass is 535 g/mol. The highest BCUT2D eigenvalue weighted by Crippen LogP contribution is 2.37. The number of hydrogen-bond acceptors (Lipinski definition) is 7. The molecule has 4 aromatic rings. The Morgan fingerprint density at radius 2 is 1.77 bits per heavy atom. The molecule has 0 aliphatic carbocycles. The molecule has 202 valence electrons. The van der Waals surface area contributed by atoms with Gasteiger partial charge in [0.05, 0.1) is 22.9 Å². The summed E-state index contributed by atoms with van der Waals surface area (Å²) in [5.41, 5.74) is 6.71. The fourth-order valence-corrected chi connectivity index (χ4v) is 5.24. The molecule has 2 saturated heterocycles. The van der Waals surface area contributed by atoms with Gasteiger partial charge < -0.3 is 20.7 Å². The fraction of sp³-hybridized carbons (Fsp3) is 0.333. The maximum Gasteiger partial charge on any atom is 0.276 e. The van der Waals surface area contributed by atoms with Crippen molar-refractivity contribution in [1.82, 2.24) is 19.6 Å². The van der Waals surface area contributed by atoms with Crippen LogP contribution in [0.1, 0.15) is 35.8 Å². The van der Waals surface area contributed by atoms with E-state index < -0.39 is 28.8 Å². The van der Waals surface area contributed by atoms with Gasteiger partial charge in [0.1, 0.15) is 11.4 Å². The number of ether oxygens (including phenoxy) is 1. The average Bonchev–Trinajstić information content (AvgIpc) is 3.56. The fourth-order valence-electron chi connectivity index (χ4n) is 5.24. The van der Waals surface area contributed by atoms with E-state index in [4.69, 9.17) is 15.6 Å². The van der Waals surface area contributed by atoms with Gasteiger partial charge in [-0.15, -0.1) is 0 Å². The first-order valence-corrected chi connectivity index (χ1v) is 12.9. The van der Waals surface area contributed by atoms with Crippen LogP contribution in [0.5, 0.6) is 0 Å². The number of nitrogens with two attached hydrogens (primary N) is 1. The Balaban J connectivity index is 1.38. The van der Waals surface area contributed by atoms with Crippen molar-refractivity contribution in [1.29, 1.82) is 0 Å². The van der Waals surface area contributed by atoms with Crippen LogP contribution in [0.2, 0.25) is 0 Å². The van der Waals surface area contributed by atoms with Crippen molar-refractivity contribution in [2.24, 2.45) is 5.73 Å². The number of nitrogens with zero attached hydrogens (tertiary/aromatic N) is 5. The highest BCUT2D eigenvalue weighted by atomic mass is 19.1. The van der Waals surface area contributed by atoms with E-state index in [1.807, 2.05) is 16.9 Å². The maximum atomic E-state index is 14.4. The van der Waals surface area contributed by atoms with E-state index >= 15 is 0 Å². The third-order valence-electron chi connectivity index (χ3n) is 7.21.